The molecule has 1 unspecified atom stereocenters. The van der Waals surface area contributed by atoms with E-state index in [2.05, 4.69) is 11.4 Å². The van der Waals surface area contributed by atoms with Crippen molar-refractivity contribution in [3.63, 3.8) is 0 Å². The van der Waals surface area contributed by atoms with Gasteiger partial charge in [0.1, 0.15) is 0 Å². The van der Waals surface area contributed by atoms with Crippen LogP contribution in [0.2, 0.25) is 5.02 Å². The van der Waals surface area contributed by atoms with E-state index < -0.39 is 0 Å². The van der Waals surface area contributed by atoms with Crippen LogP contribution in [-0.4, -0.2) is 5.91 Å². The average Bonchev–Trinajstić information content (AvgIpc) is 3.59. The predicted molar refractivity (Wildman–Crippen MR) is 116 cm³/mol. The second-order valence-corrected chi connectivity index (χ2v) is 7.93. The molecular formula is C25H21ClN2O. The van der Waals surface area contributed by atoms with E-state index in [0.717, 1.165) is 16.7 Å². The van der Waals surface area contributed by atoms with Crippen molar-refractivity contribution < 1.29 is 4.79 Å². The minimum absolute atomic E-state index is 0.152. The Kier molecular flexibility index (Phi) is 5.38. The Bertz CT molecular complexity index is 1090. The second kappa shape index (κ2) is 8.11. The number of nitrogens with zero attached hydrogens (tertiary/aromatic N) is 1. The van der Waals surface area contributed by atoms with Crippen molar-refractivity contribution >= 4 is 17.5 Å². The summed E-state index contributed by atoms with van der Waals surface area (Å²) < 4.78 is 0. The van der Waals surface area contributed by atoms with E-state index in [0.29, 0.717) is 22.1 Å². The lowest BCUT2D eigenvalue weighted by atomic mass is 10.00. The number of rotatable bonds is 5. The maximum absolute atomic E-state index is 12.7. The van der Waals surface area contributed by atoms with E-state index in [4.69, 9.17) is 16.9 Å². The Morgan fingerprint density at radius 3 is 2.48 bits per heavy atom. The first-order valence-electron chi connectivity index (χ1n) is 9.76. The first-order valence-corrected chi connectivity index (χ1v) is 10.1. The Morgan fingerprint density at radius 2 is 1.83 bits per heavy atom. The van der Waals surface area contributed by atoms with Crippen molar-refractivity contribution in [2.75, 3.05) is 0 Å². The lowest BCUT2D eigenvalue weighted by molar-refractivity contribution is 0.0940. The maximum Gasteiger partial charge on any atom is 0.253 e. The Balaban J connectivity index is 1.46. The van der Waals surface area contributed by atoms with Gasteiger partial charge in [-0.3, -0.25) is 4.79 Å². The van der Waals surface area contributed by atoms with Crippen LogP contribution in [0.25, 0.3) is 11.1 Å². The molecule has 4 heteroatoms. The monoisotopic (exact) mass is 400 g/mol. The molecule has 1 amide bonds. The SMILES string of the molecule is CC(NC(=O)c1ccc(C2CC2)cc1Cl)c1ccc(-c2cccc(C#N)c2)cc1. The molecule has 144 valence electrons. The van der Waals surface area contributed by atoms with Gasteiger partial charge in [-0.2, -0.15) is 5.26 Å². The van der Waals surface area contributed by atoms with Gasteiger partial charge in [0.25, 0.3) is 5.91 Å². The minimum atomic E-state index is -0.171. The molecule has 0 saturated heterocycles. The van der Waals surface area contributed by atoms with Crippen LogP contribution < -0.4 is 5.32 Å². The zero-order chi connectivity index (χ0) is 20.4. The van der Waals surface area contributed by atoms with Crippen LogP contribution in [0.1, 0.15) is 58.8 Å². The minimum Gasteiger partial charge on any atom is -0.345 e. The number of nitriles is 1. The van der Waals surface area contributed by atoms with E-state index in [1.165, 1.54) is 18.4 Å². The van der Waals surface area contributed by atoms with Crippen LogP contribution in [0.5, 0.6) is 0 Å². The van der Waals surface area contributed by atoms with Gasteiger partial charge in [0.15, 0.2) is 0 Å². The summed E-state index contributed by atoms with van der Waals surface area (Å²) in [6.45, 7) is 1.95. The van der Waals surface area contributed by atoms with Gasteiger partial charge < -0.3 is 5.32 Å². The van der Waals surface area contributed by atoms with Crippen molar-refractivity contribution in [2.45, 2.75) is 31.7 Å². The van der Waals surface area contributed by atoms with Gasteiger partial charge in [-0.15, -0.1) is 0 Å². The summed E-state index contributed by atoms with van der Waals surface area (Å²) in [4.78, 5) is 12.7. The third-order valence-electron chi connectivity index (χ3n) is 5.37. The third kappa shape index (κ3) is 4.34. The summed E-state index contributed by atoms with van der Waals surface area (Å²) in [5, 5.41) is 12.6. The smallest absolute Gasteiger partial charge is 0.253 e. The Morgan fingerprint density at radius 1 is 1.07 bits per heavy atom. The summed E-state index contributed by atoms with van der Waals surface area (Å²) in [6.07, 6.45) is 2.41. The number of hydrogen-bond acceptors (Lipinski definition) is 2. The number of nitrogens with one attached hydrogen (secondary N) is 1. The van der Waals surface area contributed by atoms with E-state index in [-0.39, 0.29) is 11.9 Å². The van der Waals surface area contributed by atoms with Gasteiger partial charge in [-0.05, 0) is 72.2 Å². The third-order valence-corrected chi connectivity index (χ3v) is 5.68. The van der Waals surface area contributed by atoms with Crippen molar-refractivity contribution in [1.29, 1.82) is 5.26 Å². The summed E-state index contributed by atoms with van der Waals surface area (Å²) in [7, 11) is 0. The average molecular weight is 401 g/mol. The molecule has 3 aromatic carbocycles. The fourth-order valence-electron chi connectivity index (χ4n) is 3.48. The van der Waals surface area contributed by atoms with E-state index in [1.54, 1.807) is 6.07 Å². The first-order chi connectivity index (χ1) is 14.0. The van der Waals surface area contributed by atoms with Gasteiger partial charge in [-0.1, -0.05) is 54.1 Å². The molecule has 0 radical (unpaired) electrons. The van der Waals surface area contributed by atoms with Gasteiger partial charge in [0.2, 0.25) is 0 Å². The maximum atomic E-state index is 12.7. The van der Waals surface area contributed by atoms with E-state index in [9.17, 15) is 4.79 Å². The quantitative estimate of drug-likeness (QED) is 0.550. The highest BCUT2D eigenvalue weighted by atomic mass is 35.5. The van der Waals surface area contributed by atoms with Crippen LogP contribution >= 0.6 is 11.6 Å². The highest BCUT2D eigenvalue weighted by molar-refractivity contribution is 6.33. The highest BCUT2D eigenvalue weighted by Gasteiger charge is 2.24. The largest absolute Gasteiger partial charge is 0.345 e. The predicted octanol–water partition coefficient (Wildman–Crippen LogP) is 6.25. The number of carbonyl (C=O) groups excluding carboxylic acids is 1. The lowest BCUT2D eigenvalue weighted by Gasteiger charge is -2.16. The van der Waals surface area contributed by atoms with Crippen LogP contribution in [0.4, 0.5) is 0 Å². The van der Waals surface area contributed by atoms with Gasteiger partial charge in [0.05, 0.1) is 28.3 Å². The normalized spacial score (nSPS) is 14.1. The molecule has 29 heavy (non-hydrogen) atoms. The number of hydrogen-bond donors (Lipinski definition) is 1. The fraction of sp³-hybridized carbons (Fsp3) is 0.200. The molecule has 0 bridgehead atoms. The Labute approximate surface area is 176 Å². The molecule has 0 aliphatic heterocycles. The summed E-state index contributed by atoms with van der Waals surface area (Å²) in [5.74, 6) is 0.437. The summed E-state index contributed by atoms with van der Waals surface area (Å²) >= 11 is 6.36. The van der Waals surface area contributed by atoms with Crippen molar-refractivity contribution in [3.8, 4) is 17.2 Å². The summed E-state index contributed by atoms with van der Waals surface area (Å²) in [5.41, 5.74) is 5.39. The van der Waals surface area contributed by atoms with Crippen LogP contribution in [0.3, 0.4) is 0 Å². The van der Waals surface area contributed by atoms with Gasteiger partial charge in [0, 0.05) is 0 Å². The zero-order valence-corrected chi connectivity index (χ0v) is 16.9. The molecule has 1 N–H and O–H groups in total. The molecule has 1 saturated carbocycles. The molecule has 1 fully saturated rings. The highest BCUT2D eigenvalue weighted by Crippen LogP contribution is 2.41. The van der Waals surface area contributed by atoms with Crippen molar-refractivity contribution in [1.82, 2.24) is 5.32 Å². The first kappa shape index (κ1) is 19.2. The molecule has 0 aromatic heterocycles. The molecule has 0 heterocycles. The van der Waals surface area contributed by atoms with Gasteiger partial charge >= 0.3 is 0 Å². The van der Waals surface area contributed by atoms with Crippen molar-refractivity contribution in [2.24, 2.45) is 0 Å². The number of carbonyl (C=O) groups is 1. The molecule has 3 aromatic rings. The van der Waals surface area contributed by atoms with Crippen molar-refractivity contribution in [3.05, 3.63) is 94.0 Å². The molecular weight excluding hydrogens is 380 g/mol. The molecule has 3 nitrogen and oxygen atoms in total. The number of benzene rings is 3. The van der Waals surface area contributed by atoms with Gasteiger partial charge in [-0.25, -0.2) is 0 Å². The molecule has 1 atom stereocenters. The molecule has 4 rings (SSSR count). The van der Waals surface area contributed by atoms with Crippen LogP contribution in [-0.2, 0) is 0 Å². The topological polar surface area (TPSA) is 52.9 Å². The zero-order valence-electron chi connectivity index (χ0n) is 16.2. The van der Waals surface area contributed by atoms with E-state index >= 15 is 0 Å². The number of halogens is 1. The lowest BCUT2D eigenvalue weighted by Crippen LogP contribution is -2.26. The molecule has 1 aliphatic rings. The summed E-state index contributed by atoms with van der Waals surface area (Å²) in [6, 6.07) is 23.3. The molecule has 0 spiro atoms. The standard InChI is InChI=1S/C25H21ClN2O/c1-16(28-25(29)23-12-11-22(14-24(23)26)20-9-10-20)18-5-7-19(8-6-18)21-4-2-3-17(13-21)15-27/h2-8,11-14,16,20H,9-10H2,1H3,(H,28,29). The number of amides is 1. The fourth-order valence-corrected chi connectivity index (χ4v) is 3.75. The van der Waals surface area contributed by atoms with Crippen LogP contribution in [0, 0.1) is 11.3 Å². The van der Waals surface area contributed by atoms with Crippen LogP contribution in [0.15, 0.2) is 66.7 Å². The van der Waals surface area contributed by atoms with E-state index in [1.807, 2.05) is 67.6 Å². The molecule has 1 aliphatic carbocycles. The Hall–Kier alpha value is -3.09. The second-order valence-electron chi connectivity index (χ2n) is 7.52.